The zero-order chi connectivity index (χ0) is 12.4. The number of aryl methyl sites for hydroxylation is 2. The van der Waals surface area contributed by atoms with Crippen LogP contribution in [0.5, 0.6) is 0 Å². The molecule has 0 radical (unpaired) electrons. The van der Waals surface area contributed by atoms with Crippen molar-refractivity contribution in [2.45, 2.75) is 26.8 Å². The Kier molecular flexibility index (Phi) is 3.33. The topological polar surface area (TPSA) is 42.2 Å². The zero-order valence-electron chi connectivity index (χ0n) is 10.1. The highest BCUT2D eigenvalue weighted by atomic mass is 32.1. The smallest absolute Gasteiger partial charge is 0.255 e. The Morgan fingerprint density at radius 3 is 2.76 bits per heavy atom. The van der Waals surface area contributed by atoms with Gasteiger partial charge in [-0.2, -0.15) is 0 Å². The van der Waals surface area contributed by atoms with E-state index in [1.807, 2.05) is 6.92 Å². The lowest BCUT2D eigenvalue weighted by Gasteiger charge is -2.13. The molecule has 0 spiro atoms. The second-order valence-electron chi connectivity index (χ2n) is 4.08. The summed E-state index contributed by atoms with van der Waals surface area (Å²) in [5, 5.41) is 2.96. The van der Waals surface area contributed by atoms with Gasteiger partial charge in [-0.05, 0) is 38.5 Å². The Bertz CT molecular complexity index is 514. The molecule has 0 saturated heterocycles. The summed E-state index contributed by atoms with van der Waals surface area (Å²) in [4.78, 5) is 14.4. The molecule has 0 bridgehead atoms. The van der Waals surface area contributed by atoms with Crippen molar-refractivity contribution in [3.8, 4) is 0 Å². The van der Waals surface area contributed by atoms with Crippen LogP contribution >= 0.6 is 11.3 Å². The van der Waals surface area contributed by atoms with Gasteiger partial charge in [-0.1, -0.05) is 0 Å². The first kappa shape index (κ1) is 11.9. The summed E-state index contributed by atoms with van der Waals surface area (Å²) < 4.78 is 4.89. The molecule has 1 amide bonds. The van der Waals surface area contributed by atoms with Gasteiger partial charge in [0.25, 0.3) is 5.91 Å². The van der Waals surface area contributed by atoms with Gasteiger partial charge in [-0.3, -0.25) is 4.79 Å². The molecule has 0 aliphatic carbocycles. The lowest BCUT2D eigenvalue weighted by atomic mass is 10.1. The normalized spacial score (nSPS) is 12.4. The number of thiophene rings is 1. The molecule has 2 aromatic rings. The Morgan fingerprint density at radius 2 is 2.24 bits per heavy atom. The van der Waals surface area contributed by atoms with E-state index in [-0.39, 0.29) is 11.9 Å². The fourth-order valence-corrected chi connectivity index (χ4v) is 2.85. The van der Waals surface area contributed by atoms with Crippen LogP contribution in [0.4, 0.5) is 0 Å². The van der Waals surface area contributed by atoms with Gasteiger partial charge in [0, 0.05) is 9.75 Å². The van der Waals surface area contributed by atoms with E-state index in [4.69, 9.17) is 4.42 Å². The highest BCUT2D eigenvalue weighted by Gasteiger charge is 2.15. The van der Waals surface area contributed by atoms with Gasteiger partial charge in [0.1, 0.15) is 6.26 Å². The highest BCUT2D eigenvalue weighted by molar-refractivity contribution is 7.12. The molecule has 2 rings (SSSR count). The molecular weight excluding hydrogens is 234 g/mol. The molecule has 4 heteroatoms. The van der Waals surface area contributed by atoms with E-state index in [2.05, 4.69) is 25.2 Å². The Hall–Kier alpha value is -1.55. The van der Waals surface area contributed by atoms with Crippen LogP contribution in [-0.2, 0) is 0 Å². The average molecular weight is 249 g/mol. The van der Waals surface area contributed by atoms with Crippen LogP contribution in [0.3, 0.4) is 0 Å². The lowest BCUT2D eigenvalue weighted by Crippen LogP contribution is -2.26. The second kappa shape index (κ2) is 4.75. The zero-order valence-corrected chi connectivity index (χ0v) is 10.9. The lowest BCUT2D eigenvalue weighted by molar-refractivity contribution is 0.0939. The summed E-state index contributed by atoms with van der Waals surface area (Å²) >= 11 is 1.75. The molecule has 0 saturated carbocycles. The standard InChI is InChI=1S/C13H15NO2S/c1-8-6-12(10(3)17-8)9(2)14-13(15)11-4-5-16-7-11/h4-7,9H,1-3H3,(H,14,15). The predicted molar refractivity (Wildman–Crippen MR) is 68.4 cm³/mol. The van der Waals surface area contributed by atoms with E-state index in [0.717, 1.165) is 0 Å². The van der Waals surface area contributed by atoms with Crippen molar-refractivity contribution in [1.82, 2.24) is 5.32 Å². The van der Waals surface area contributed by atoms with Crippen LogP contribution < -0.4 is 5.32 Å². The van der Waals surface area contributed by atoms with Crippen molar-refractivity contribution in [3.63, 3.8) is 0 Å². The number of nitrogens with one attached hydrogen (secondary N) is 1. The fraction of sp³-hybridized carbons (Fsp3) is 0.308. The van der Waals surface area contributed by atoms with Crippen LogP contribution in [0.2, 0.25) is 0 Å². The average Bonchev–Trinajstić information content (AvgIpc) is 2.87. The van der Waals surface area contributed by atoms with E-state index in [9.17, 15) is 4.79 Å². The maximum atomic E-state index is 11.8. The summed E-state index contributed by atoms with van der Waals surface area (Å²) in [5.74, 6) is -0.102. The molecule has 17 heavy (non-hydrogen) atoms. The van der Waals surface area contributed by atoms with Gasteiger partial charge in [-0.25, -0.2) is 0 Å². The summed E-state index contributed by atoms with van der Waals surface area (Å²) in [5.41, 5.74) is 1.74. The predicted octanol–water partition coefficient (Wildman–Crippen LogP) is 3.45. The van der Waals surface area contributed by atoms with Crippen LogP contribution in [0.1, 0.15) is 38.6 Å². The molecule has 1 N–H and O–H groups in total. The Balaban J connectivity index is 2.09. The monoisotopic (exact) mass is 249 g/mol. The number of carbonyl (C=O) groups is 1. The van der Waals surface area contributed by atoms with Gasteiger partial charge in [0.05, 0.1) is 17.9 Å². The maximum Gasteiger partial charge on any atom is 0.255 e. The first-order valence-electron chi connectivity index (χ1n) is 5.48. The van der Waals surface area contributed by atoms with Gasteiger partial charge in [-0.15, -0.1) is 11.3 Å². The van der Waals surface area contributed by atoms with E-state index in [1.165, 1.54) is 27.8 Å². The largest absolute Gasteiger partial charge is 0.472 e. The maximum absolute atomic E-state index is 11.8. The fourth-order valence-electron chi connectivity index (χ4n) is 1.83. The van der Waals surface area contributed by atoms with Crippen molar-refractivity contribution in [2.75, 3.05) is 0 Å². The molecule has 0 aliphatic rings. The molecule has 1 atom stereocenters. The summed E-state index contributed by atoms with van der Waals surface area (Å²) in [7, 11) is 0. The molecular formula is C13H15NO2S. The minimum absolute atomic E-state index is 0.0161. The van der Waals surface area contributed by atoms with Gasteiger partial charge < -0.3 is 9.73 Å². The minimum Gasteiger partial charge on any atom is -0.472 e. The molecule has 0 aromatic carbocycles. The van der Waals surface area contributed by atoms with Gasteiger partial charge >= 0.3 is 0 Å². The van der Waals surface area contributed by atoms with Crippen molar-refractivity contribution in [3.05, 3.63) is 45.5 Å². The van der Waals surface area contributed by atoms with Crippen molar-refractivity contribution >= 4 is 17.2 Å². The number of rotatable bonds is 3. The Morgan fingerprint density at radius 1 is 1.47 bits per heavy atom. The molecule has 2 aromatic heterocycles. The number of hydrogen-bond acceptors (Lipinski definition) is 3. The number of hydrogen-bond donors (Lipinski definition) is 1. The summed E-state index contributed by atoms with van der Waals surface area (Å²) in [6, 6.07) is 3.80. The third-order valence-electron chi connectivity index (χ3n) is 2.68. The van der Waals surface area contributed by atoms with Crippen LogP contribution in [0.15, 0.2) is 29.1 Å². The number of amides is 1. The minimum atomic E-state index is -0.102. The molecule has 0 fully saturated rings. The van der Waals surface area contributed by atoms with Crippen LogP contribution in [0.25, 0.3) is 0 Å². The summed E-state index contributed by atoms with van der Waals surface area (Å²) in [6.45, 7) is 6.14. The molecule has 90 valence electrons. The van der Waals surface area contributed by atoms with E-state index in [0.29, 0.717) is 5.56 Å². The van der Waals surface area contributed by atoms with E-state index >= 15 is 0 Å². The second-order valence-corrected chi connectivity index (χ2v) is 5.54. The van der Waals surface area contributed by atoms with Gasteiger partial charge in [0.2, 0.25) is 0 Å². The summed E-state index contributed by atoms with van der Waals surface area (Å²) in [6.07, 6.45) is 2.95. The van der Waals surface area contributed by atoms with Crippen LogP contribution in [0, 0.1) is 13.8 Å². The van der Waals surface area contributed by atoms with Crippen molar-refractivity contribution in [2.24, 2.45) is 0 Å². The molecule has 1 unspecified atom stereocenters. The third kappa shape index (κ3) is 2.58. The molecule has 0 aliphatic heterocycles. The molecule has 2 heterocycles. The van der Waals surface area contributed by atoms with Crippen molar-refractivity contribution in [1.29, 1.82) is 0 Å². The molecule has 3 nitrogen and oxygen atoms in total. The highest BCUT2D eigenvalue weighted by Crippen LogP contribution is 2.26. The van der Waals surface area contributed by atoms with Gasteiger partial charge in [0.15, 0.2) is 0 Å². The third-order valence-corrected chi connectivity index (χ3v) is 3.66. The Labute approximate surface area is 104 Å². The SMILES string of the molecule is Cc1cc(C(C)NC(=O)c2ccoc2)c(C)s1. The van der Waals surface area contributed by atoms with Crippen molar-refractivity contribution < 1.29 is 9.21 Å². The first-order chi connectivity index (χ1) is 8.08. The number of carbonyl (C=O) groups excluding carboxylic acids is 1. The van der Waals surface area contributed by atoms with Crippen LogP contribution in [-0.4, -0.2) is 5.91 Å². The van der Waals surface area contributed by atoms with E-state index in [1.54, 1.807) is 17.4 Å². The number of furan rings is 1. The quantitative estimate of drug-likeness (QED) is 0.905. The van der Waals surface area contributed by atoms with E-state index < -0.39 is 0 Å². The first-order valence-corrected chi connectivity index (χ1v) is 6.29.